The molecule has 0 aliphatic rings. The smallest absolute Gasteiger partial charge is 0.326 e. The van der Waals surface area contributed by atoms with E-state index >= 15 is 0 Å². The average Bonchev–Trinajstić information content (AvgIpc) is 2.36. The van der Waals surface area contributed by atoms with Gasteiger partial charge in [0.25, 0.3) is 0 Å². The van der Waals surface area contributed by atoms with E-state index in [0.29, 0.717) is 0 Å². The third-order valence-electron chi connectivity index (χ3n) is 2.44. The average molecular weight is 279 g/mol. The largest absolute Gasteiger partial charge is 0.459 e. The molecular formula is C15H21NO4. The van der Waals surface area contributed by atoms with Crippen molar-refractivity contribution in [1.29, 1.82) is 0 Å². The molecule has 1 aromatic carbocycles. The number of esters is 1. The van der Waals surface area contributed by atoms with Crippen molar-refractivity contribution >= 4 is 11.9 Å². The Morgan fingerprint density at radius 2 is 1.80 bits per heavy atom. The molecule has 20 heavy (non-hydrogen) atoms. The van der Waals surface area contributed by atoms with E-state index in [2.05, 4.69) is 0 Å². The highest BCUT2D eigenvalue weighted by atomic mass is 16.6. The fraction of sp³-hybridized carbons (Fsp3) is 0.467. The molecule has 0 saturated carbocycles. The minimum Gasteiger partial charge on any atom is -0.459 e. The molecule has 0 aliphatic carbocycles. The van der Waals surface area contributed by atoms with Crippen molar-refractivity contribution in [3.05, 3.63) is 35.9 Å². The van der Waals surface area contributed by atoms with Crippen LogP contribution in [0.15, 0.2) is 30.3 Å². The summed E-state index contributed by atoms with van der Waals surface area (Å²) in [5.41, 5.74) is 0.287. The van der Waals surface area contributed by atoms with Crippen LogP contribution in [0.25, 0.3) is 0 Å². The molecule has 0 spiro atoms. The van der Waals surface area contributed by atoms with Crippen LogP contribution >= 0.6 is 0 Å². The first kappa shape index (κ1) is 16.2. The highest BCUT2D eigenvalue weighted by molar-refractivity contribution is 5.82. The van der Waals surface area contributed by atoms with Crippen molar-refractivity contribution in [3.63, 3.8) is 0 Å². The van der Waals surface area contributed by atoms with Gasteiger partial charge < -0.3 is 14.7 Å². The number of hydrogen-bond donors (Lipinski definition) is 1. The first-order valence-electron chi connectivity index (χ1n) is 6.46. The van der Waals surface area contributed by atoms with E-state index in [1.54, 1.807) is 20.8 Å². The quantitative estimate of drug-likeness (QED) is 0.826. The number of rotatable bonds is 5. The van der Waals surface area contributed by atoms with Crippen molar-refractivity contribution in [3.8, 4) is 0 Å². The molecule has 0 unspecified atom stereocenters. The Morgan fingerprint density at radius 1 is 1.20 bits per heavy atom. The van der Waals surface area contributed by atoms with E-state index in [0.717, 1.165) is 5.56 Å². The number of aliphatic hydroxyl groups is 1. The molecule has 1 rings (SSSR count). The van der Waals surface area contributed by atoms with Gasteiger partial charge in [0.2, 0.25) is 5.91 Å². The molecule has 0 radical (unpaired) electrons. The van der Waals surface area contributed by atoms with E-state index in [4.69, 9.17) is 9.84 Å². The summed E-state index contributed by atoms with van der Waals surface area (Å²) in [7, 11) is 0. The molecule has 0 bridgehead atoms. The predicted molar refractivity (Wildman–Crippen MR) is 74.8 cm³/mol. The van der Waals surface area contributed by atoms with Crippen LogP contribution in [0.2, 0.25) is 0 Å². The maximum atomic E-state index is 11.8. The van der Waals surface area contributed by atoms with Crippen molar-refractivity contribution in [2.75, 3.05) is 13.2 Å². The van der Waals surface area contributed by atoms with Crippen molar-refractivity contribution in [1.82, 2.24) is 4.90 Å². The lowest BCUT2D eigenvalue weighted by Crippen LogP contribution is -2.39. The maximum Gasteiger partial charge on any atom is 0.326 e. The molecule has 1 N–H and O–H groups in total. The number of ether oxygens (including phenoxy) is 1. The first-order chi connectivity index (χ1) is 9.31. The van der Waals surface area contributed by atoms with Gasteiger partial charge in [-0.3, -0.25) is 9.59 Å². The van der Waals surface area contributed by atoms with E-state index in [9.17, 15) is 9.59 Å². The van der Waals surface area contributed by atoms with Gasteiger partial charge in [0.15, 0.2) is 0 Å². The number of carbonyl (C=O) groups excluding carboxylic acids is 2. The van der Waals surface area contributed by atoms with E-state index in [1.165, 1.54) is 4.90 Å². The van der Waals surface area contributed by atoms with E-state index in [1.807, 2.05) is 30.3 Å². The zero-order valence-electron chi connectivity index (χ0n) is 12.1. The van der Waals surface area contributed by atoms with Crippen LogP contribution in [0.4, 0.5) is 0 Å². The van der Waals surface area contributed by atoms with Gasteiger partial charge in [-0.25, -0.2) is 0 Å². The predicted octanol–water partition coefficient (Wildman–Crippen LogP) is 1.35. The standard InChI is InChI=1S/C15H21NO4/c1-15(2,3)20-14(19)10-16(13(18)11-17)9-12-7-5-4-6-8-12/h4-8,17H,9-11H2,1-3H3. The second kappa shape index (κ2) is 7.05. The molecule has 5 nitrogen and oxygen atoms in total. The minimum atomic E-state index is -0.629. The summed E-state index contributed by atoms with van der Waals surface area (Å²) in [6, 6.07) is 9.28. The summed E-state index contributed by atoms with van der Waals surface area (Å²) in [4.78, 5) is 24.7. The summed E-state index contributed by atoms with van der Waals surface area (Å²) in [6.45, 7) is 4.75. The Balaban J connectivity index is 2.70. The highest BCUT2D eigenvalue weighted by Crippen LogP contribution is 2.09. The minimum absolute atomic E-state index is 0.175. The van der Waals surface area contributed by atoms with Crippen LogP contribution in [0.1, 0.15) is 26.3 Å². The van der Waals surface area contributed by atoms with Gasteiger partial charge in [0, 0.05) is 6.54 Å². The SMILES string of the molecule is CC(C)(C)OC(=O)CN(Cc1ccccc1)C(=O)CO. The van der Waals surface area contributed by atoms with Gasteiger partial charge in [-0.15, -0.1) is 0 Å². The summed E-state index contributed by atoms with van der Waals surface area (Å²) < 4.78 is 5.19. The van der Waals surface area contributed by atoms with Crippen LogP contribution in [0, 0.1) is 0 Å². The molecule has 5 heteroatoms. The van der Waals surface area contributed by atoms with E-state index < -0.39 is 24.1 Å². The lowest BCUT2D eigenvalue weighted by Gasteiger charge is -2.24. The molecule has 110 valence electrons. The number of benzene rings is 1. The summed E-state index contributed by atoms with van der Waals surface area (Å²) in [5.74, 6) is -0.991. The van der Waals surface area contributed by atoms with Gasteiger partial charge >= 0.3 is 5.97 Å². The Morgan fingerprint density at radius 3 is 2.30 bits per heavy atom. The Labute approximate surface area is 119 Å². The van der Waals surface area contributed by atoms with Crippen LogP contribution in [-0.2, 0) is 20.9 Å². The number of aliphatic hydroxyl groups excluding tert-OH is 1. The first-order valence-corrected chi connectivity index (χ1v) is 6.46. The third-order valence-corrected chi connectivity index (χ3v) is 2.44. The Kier molecular flexibility index (Phi) is 5.70. The van der Waals surface area contributed by atoms with Crippen molar-refractivity contribution < 1.29 is 19.4 Å². The Bertz CT molecular complexity index is 451. The molecular weight excluding hydrogens is 258 g/mol. The Hall–Kier alpha value is -1.88. The van der Waals surface area contributed by atoms with Gasteiger partial charge in [-0.2, -0.15) is 0 Å². The molecule has 0 aliphatic heterocycles. The second-order valence-corrected chi connectivity index (χ2v) is 5.48. The number of nitrogens with zero attached hydrogens (tertiary/aromatic N) is 1. The molecule has 0 fully saturated rings. The third kappa shape index (κ3) is 5.84. The zero-order chi connectivity index (χ0) is 15.2. The van der Waals surface area contributed by atoms with Crippen LogP contribution in [0.5, 0.6) is 0 Å². The molecule has 0 saturated heterocycles. The fourth-order valence-corrected chi connectivity index (χ4v) is 1.67. The fourth-order valence-electron chi connectivity index (χ4n) is 1.67. The molecule has 1 amide bonds. The molecule has 0 aromatic heterocycles. The monoisotopic (exact) mass is 279 g/mol. The summed E-state index contributed by atoms with van der Waals surface area (Å²) in [5, 5.41) is 8.99. The summed E-state index contributed by atoms with van der Waals surface area (Å²) >= 11 is 0. The number of carbonyl (C=O) groups is 2. The van der Waals surface area contributed by atoms with Crippen LogP contribution in [0.3, 0.4) is 0 Å². The highest BCUT2D eigenvalue weighted by Gasteiger charge is 2.21. The van der Waals surface area contributed by atoms with Crippen molar-refractivity contribution in [2.24, 2.45) is 0 Å². The van der Waals surface area contributed by atoms with Gasteiger partial charge in [0.05, 0.1) is 0 Å². The van der Waals surface area contributed by atoms with Crippen molar-refractivity contribution in [2.45, 2.75) is 32.9 Å². The lowest BCUT2D eigenvalue weighted by molar-refractivity contribution is -0.159. The summed E-state index contributed by atoms with van der Waals surface area (Å²) in [6.07, 6.45) is 0. The number of amides is 1. The molecule has 1 aromatic rings. The molecule has 0 heterocycles. The number of hydrogen-bond acceptors (Lipinski definition) is 4. The van der Waals surface area contributed by atoms with Crippen LogP contribution < -0.4 is 0 Å². The normalized spacial score (nSPS) is 11.0. The van der Waals surface area contributed by atoms with Gasteiger partial charge in [-0.1, -0.05) is 30.3 Å². The zero-order valence-corrected chi connectivity index (χ0v) is 12.1. The van der Waals surface area contributed by atoms with Crippen LogP contribution in [-0.4, -0.2) is 40.6 Å². The molecule has 0 atom stereocenters. The second-order valence-electron chi connectivity index (χ2n) is 5.48. The van der Waals surface area contributed by atoms with E-state index in [-0.39, 0.29) is 13.1 Å². The topological polar surface area (TPSA) is 66.8 Å². The maximum absolute atomic E-state index is 11.8. The lowest BCUT2D eigenvalue weighted by atomic mass is 10.2. The van der Waals surface area contributed by atoms with Gasteiger partial charge in [0.1, 0.15) is 18.8 Å². The van der Waals surface area contributed by atoms with Gasteiger partial charge in [-0.05, 0) is 26.3 Å².